The molecule has 3 N–H and O–H groups in total. The van der Waals surface area contributed by atoms with E-state index >= 15 is 0 Å². The van der Waals surface area contributed by atoms with E-state index in [0.717, 1.165) is 31.5 Å². The standard InChI is InChI=1S/C24H24F3N7O/c25-14-4-5-34(12-14)24(35)32-17-3-1-2-16(8-17)31-23-20(27)6-13(9-28)21(33-23)19-11-30-22-18(19)7-15(26)10-29-22/h6-7,10-11,14,16-17H,1-5,8,12H2,(H,29,30)(H,31,33)(H,32,35)/t14?,16-,17+/m0/s1. The molecule has 4 heterocycles. The summed E-state index contributed by atoms with van der Waals surface area (Å²) in [6.45, 7) is 0.508. The summed E-state index contributed by atoms with van der Waals surface area (Å²) in [7, 11) is 0. The molecule has 2 amide bonds. The van der Waals surface area contributed by atoms with E-state index in [2.05, 4.69) is 25.6 Å². The first-order valence-electron chi connectivity index (χ1n) is 11.6. The van der Waals surface area contributed by atoms with E-state index < -0.39 is 17.8 Å². The molecule has 182 valence electrons. The molecule has 1 saturated heterocycles. The maximum atomic E-state index is 14.9. The van der Waals surface area contributed by atoms with Gasteiger partial charge >= 0.3 is 6.03 Å². The summed E-state index contributed by atoms with van der Waals surface area (Å²) in [5.41, 5.74) is 1.10. The van der Waals surface area contributed by atoms with Crippen LogP contribution in [0.15, 0.2) is 24.5 Å². The molecule has 35 heavy (non-hydrogen) atoms. The normalized spacial score (nSPS) is 22.2. The number of halogens is 3. The van der Waals surface area contributed by atoms with Gasteiger partial charge in [-0.25, -0.2) is 27.9 Å². The number of H-pyrrole nitrogens is 1. The lowest BCUT2D eigenvalue weighted by molar-refractivity contribution is 0.195. The van der Waals surface area contributed by atoms with Crippen LogP contribution in [0.25, 0.3) is 22.3 Å². The molecule has 1 unspecified atom stereocenters. The van der Waals surface area contributed by atoms with E-state index in [0.29, 0.717) is 36.0 Å². The number of hydrogen-bond acceptors (Lipinski definition) is 5. The highest BCUT2D eigenvalue weighted by atomic mass is 19.1. The lowest BCUT2D eigenvalue weighted by Crippen LogP contribution is -2.47. The van der Waals surface area contributed by atoms with Crippen molar-refractivity contribution < 1.29 is 18.0 Å². The van der Waals surface area contributed by atoms with Gasteiger partial charge in [0.2, 0.25) is 0 Å². The van der Waals surface area contributed by atoms with Gasteiger partial charge in [0, 0.05) is 35.8 Å². The summed E-state index contributed by atoms with van der Waals surface area (Å²) in [6, 6.07) is 3.79. The first-order valence-corrected chi connectivity index (χ1v) is 11.6. The maximum absolute atomic E-state index is 14.9. The molecule has 2 aliphatic rings. The van der Waals surface area contributed by atoms with Crippen molar-refractivity contribution in [3.8, 4) is 17.3 Å². The number of aromatic amines is 1. The number of pyridine rings is 2. The number of hydrogen-bond donors (Lipinski definition) is 3. The Labute approximate surface area is 199 Å². The molecular weight excluding hydrogens is 459 g/mol. The number of nitrogens with one attached hydrogen (secondary N) is 3. The smallest absolute Gasteiger partial charge is 0.317 e. The van der Waals surface area contributed by atoms with Crippen LogP contribution in [0.1, 0.15) is 37.7 Å². The molecule has 2 fully saturated rings. The molecule has 1 aliphatic carbocycles. The lowest BCUT2D eigenvalue weighted by atomic mass is 9.91. The monoisotopic (exact) mass is 483 g/mol. The Balaban J connectivity index is 1.35. The van der Waals surface area contributed by atoms with Crippen molar-refractivity contribution >= 4 is 22.9 Å². The van der Waals surface area contributed by atoms with Gasteiger partial charge in [0.15, 0.2) is 11.6 Å². The number of anilines is 1. The van der Waals surface area contributed by atoms with Crippen LogP contribution in [0.4, 0.5) is 23.8 Å². The van der Waals surface area contributed by atoms with Gasteiger partial charge in [-0.2, -0.15) is 5.26 Å². The number of carbonyl (C=O) groups is 1. The third kappa shape index (κ3) is 4.73. The van der Waals surface area contributed by atoms with Crippen molar-refractivity contribution in [1.29, 1.82) is 5.26 Å². The Kier molecular flexibility index (Phi) is 6.19. The molecule has 0 aromatic carbocycles. The number of nitrogens with zero attached hydrogens (tertiary/aromatic N) is 4. The predicted octanol–water partition coefficient (Wildman–Crippen LogP) is 4.25. The average Bonchev–Trinajstić information content (AvgIpc) is 3.46. The van der Waals surface area contributed by atoms with Crippen molar-refractivity contribution in [2.45, 2.75) is 50.4 Å². The minimum atomic E-state index is -0.981. The second-order valence-electron chi connectivity index (χ2n) is 9.07. The summed E-state index contributed by atoms with van der Waals surface area (Å²) in [6.07, 6.45) is 4.91. The largest absolute Gasteiger partial charge is 0.365 e. The van der Waals surface area contributed by atoms with Crippen LogP contribution in [-0.2, 0) is 0 Å². The predicted molar refractivity (Wildman–Crippen MR) is 123 cm³/mol. The van der Waals surface area contributed by atoms with Crippen LogP contribution in [0.3, 0.4) is 0 Å². The number of aromatic nitrogens is 3. The molecule has 3 aromatic rings. The maximum Gasteiger partial charge on any atom is 0.317 e. The molecule has 1 saturated carbocycles. The van der Waals surface area contributed by atoms with Crippen molar-refractivity contribution in [3.05, 3.63) is 41.7 Å². The number of amides is 2. The molecule has 0 bridgehead atoms. The fourth-order valence-corrected chi connectivity index (χ4v) is 4.87. The molecule has 11 heteroatoms. The van der Waals surface area contributed by atoms with Crippen LogP contribution in [-0.4, -0.2) is 57.2 Å². The van der Waals surface area contributed by atoms with Crippen molar-refractivity contribution in [2.24, 2.45) is 0 Å². The van der Waals surface area contributed by atoms with Crippen LogP contribution < -0.4 is 10.6 Å². The highest BCUT2D eigenvalue weighted by Gasteiger charge is 2.30. The van der Waals surface area contributed by atoms with Crippen molar-refractivity contribution in [1.82, 2.24) is 25.2 Å². The van der Waals surface area contributed by atoms with E-state index in [9.17, 15) is 23.2 Å². The highest BCUT2D eigenvalue weighted by molar-refractivity contribution is 5.94. The van der Waals surface area contributed by atoms with Crippen LogP contribution in [0.5, 0.6) is 0 Å². The van der Waals surface area contributed by atoms with Gasteiger partial charge in [-0.1, -0.05) is 0 Å². The molecule has 0 spiro atoms. The van der Waals surface area contributed by atoms with Crippen LogP contribution in [0, 0.1) is 23.0 Å². The molecule has 0 radical (unpaired) electrons. The van der Waals surface area contributed by atoms with Gasteiger partial charge in [-0.15, -0.1) is 0 Å². The second-order valence-corrected chi connectivity index (χ2v) is 9.07. The van der Waals surface area contributed by atoms with Gasteiger partial charge in [0.05, 0.1) is 24.0 Å². The number of alkyl halides is 1. The molecule has 5 rings (SSSR count). The number of nitriles is 1. The van der Waals surface area contributed by atoms with Gasteiger partial charge in [-0.05, 0) is 44.2 Å². The van der Waals surface area contributed by atoms with Gasteiger partial charge in [0.1, 0.15) is 23.7 Å². The quantitative estimate of drug-likeness (QED) is 0.514. The summed E-state index contributed by atoms with van der Waals surface area (Å²) in [5.74, 6) is -1.23. The second kappa shape index (κ2) is 9.44. The third-order valence-electron chi connectivity index (χ3n) is 6.61. The summed E-state index contributed by atoms with van der Waals surface area (Å²) < 4.78 is 42.1. The zero-order valence-corrected chi connectivity index (χ0v) is 18.8. The van der Waals surface area contributed by atoms with Crippen LogP contribution >= 0.6 is 0 Å². The van der Waals surface area contributed by atoms with E-state index in [1.165, 1.54) is 11.0 Å². The molecule has 1 aliphatic heterocycles. The number of fused-ring (bicyclic) bond motifs is 1. The fourth-order valence-electron chi connectivity index (χ4n) is 4.87. The Morgan fingerprint density at radius 1 is 1.23 bits per heavy atom. The zero-order chi connectivity index (χ0) is 24.5. The average molecular weight is 483 g/mol. The topological polar surface area (TPSA) is 110 Å². The molecular formula is C24H24F3N7O. The Bertz CT molecular complexity index is 1300. The van der Waals surface area contributed by atoms with Crippen molar-refractivity contribution in [2.75, 3.05) is 18.4 Å². The van der Waals surface area contributed by atoms with E-state index in [1.807, 2.05) is 6.07 Å². The van der Waals surface area contributed by atoms with E-state index in [-0.39, 0.29) is 41.7 Å². The Hall–Kier alpha value is -3.81. The number of urea groups is 1. The highest BCUT2D eigenvalue weighted by Crippen LogP contribution is 2.32. The van der Waals surface area contributed by atoms with Crippen LogP contribution in [0.2, 0.25) is 0 Å². The van der Waals surface area contributed by atoms with E-state index in [1.54, 1.807) is 6.20 Å². The van der Waals surface area contributed by atoms with Gasteiger partial charge < -0.3 is 20.5 Å². The SMILES string of the molecule is N#Cc1cc(F)c(N[C@H]2CCC[C@@H](NC(=O)N3CCC(F)C3)C2)nc1-c1c[nH]c2ncc(F)cc12. The molecule has 3 atom stereocenters. The molecule has 8 nitrogen and oxygen atoms in total. The first-order chi connectivity index (χ1) is 16.9. The van der Waals surface area contributed by atoms with E-state index in [4.69, 9.17) is 0 Å². The lowest BCUT2D eigenvalue weighted by Gasteiger charge is -2.32. The summed E-state index contributed by atoms with van der Waals surface area (Å²) in [5, 5.41) is 16.1. The Morgan fingerprint density at radius 3 is 2.83 bits per heavy atom. The van der Waals surface area contributed by atoms with Gasteiger partial charge in [0.25, 0.3) is 0 Å². The number of likely N-dealkylation sites (tertiary alicyclic amines) is 1. The Morgan fingerprint density at radius 2 is 2.06 bits per heavy atom. The first kappa shape index (κ1) is 23.0. The third-order valence-corrected chi connectivity index (χ3v) is 6.61. The minimum absolute atomic E-state index is 0.0174. The van der Waals surface area contributed by atoms with Gasteiger partial charge in [-0.3, -0.25) is 0 Å². The number of carbonyl (C=O) groups excluding carboxylic acids is 1. The zero-order valence-electron chi connectivity index (χ0n) is 18.8. The fraction of sp³-hybridized carbons (Fsp3) is 0.417. The summed E-state index contributed by atoms with van der Waals surface area (Å²) in [4.78, 5) is 25.2. The minimum Gasteiger partial charge on any atom is -0.365 e. The summed E-state index contributed by atoms with van der Waals surface area (Å²) >= 11 is 0. The molecule has 3 aromatic heterocycles. The van der Waals surface area contributed by atoms with Crippen molar-refractivity contribution in [3.63, 3.8) is 0 Å². The number of rotatable bonds is 4.